The van der Waals surface area contributed by atoms with Gasteiger partial charge in [-0.25, -0.2) is 13.6 Å². The molecule has 62 heavy (non-hydrogen) atoms. The number of amides is 7. The summed E-state index contributed by atoms with van der Waals surface area (Å²) in [6, 6.07) is 0.294. The maximum atomic E-state index is 14.8. The fourth-order valence-electron chi connectivity index (χ4n) is 9.16. The molecular weight excluding hydrogens is 811 g/mol. The van der Waals surface area contributed by atoms with Crippen molar-refractivity contribution < 1.29 is 52.2 Å². The van der Waals surface area contributed by atoms with Crippen LogP contribution in [0.1, 0.15) is 58.1 Å². The maximum Gasteiger partial charge on any atom is 0.319 e. The van der Waals surface area contributed by atoms with Gasteiger partial charge in [0.2, 0.25) is 29.5 Å². The minimum atomic E-state index is -1.58. The molecule has 4 heterocycles. The van der Waals surface area contributed by atoms with Crippen molar-refractivity contribution in [1.29, 1.82) is 0 Å². The van der Waals surface area contributed by atoms with Crippen molar-refractivity contribution in [3.63, 3.8) is 0 Å². The Morgan fingerprint density at radius 3 is 2.40 bits per heavy atom. The summed E-state index contributed by atoms with van der Waals surface area (Å²) in [7, 11) is 3.25. The topological polar surface area (TPSA) is 210 Å². The Morgan fingerprint density at radius 1 is 1.02 bits per heavy atom. The van der Waals surface area contributed by atoms with Crippen molar-refractivity contribution in [3.8, 4) is 0 Å². The monoisotopic (exact) mass is 866 g/mol. The van der Waals surface area contributed by atoms with E-state index in [4.69, 9.17) is 4.74 Å². The standard InChI is InChI=1S/C43H56F2N8O9/c1-23-19-43(21-54)22-62-26(4)35(41(60)52-12-7-8-34(52)40(59)51(6)36(25(3)55)38(57)46-24(2)39(58)53(43)20-23)49-37(56)32(16-27-14-29(44)18-30(45)15-27)48-42(61)47-31-9-10-33-28(17-31)11-13-50(33)5/h9-10,14-15,17-18,21,23-26,32,34-36,55H,7-8,11-13,16,19-20,22H2,1-6H3,(H,46,57)(H,49,56)(H2,47,48,61)/t23-,24-,25-,26-,32-,34-,35-,36-,43?/m0/s1. The van der Waals surface area contributed by atoms with Gasteiger partial charge in [0.1, 0.15) is 53.7 Å². The molecule has 1 unspecified atom stereocenters. The number of anilines is 2. The number of hydrogen-bond donors (Lipinski definition) is 5. The zero-order valence-corrected chi connectivity index (χ0v) is 35.8. The van der Waals surface area contributed by atoms with Crippen LogP contribution in [0, 0.1) is 17.6 Å². The lowest BCUT2D eigenvalue weighted by atomic mass is 9.94. The van der Waals surface area contributed by atoms with Gasteiger partial charge in [-0.3, -0.25) is 24.0 Å². The van der Waals surface area contributed by atoms with Crippen LogP contribution in [0.15, 0.2) is 36.4 Å². The lowest BCUT2D eigenvalue weighted by Crippen LogP contribution is -2.64. The number of nitrogens with zero attached hydrogens (tertiary/aromatic N) is 4. The number of hydrogen-bond acceptors (Lipinski definition) is 10. The number of carbonyl (C=O) groups excluding carboxylic acids is 7. The third kappa shape index (κ3) is 9.67. The summed E-state index contributed by atoms with van der Waals surface area (Å²) in [5.74, 6) is -5.87. The summed E-state index contributed by atoms with van der Waals surface area (Å²) in [5.41, 5.74) is 0.918. The first-order chi connectivity index (χ1) is 29.3. The normalized spacial score (nSPS) is 28.1. The molecule has 0 aromatic heterocycles. The molecule has 3 fully saturated rings. The molecule has 9 atom stereocenters. The Labute approximate surface area is 358 Å². The number of ether oxygens (including phenoxy) is 1. The van der Waals surface area contributed by atoms with Crippen molar-refractivity contribution in [2.45, 2.75) is 108 Å². The van der Waals surface area contributed by atoms with Gasteiger partial charge in [-0.2, -0.15) is 0 Å². The maximum absolute atomic E-state index is 14.8. The average molecular weight is 867 g/mol. The molecule has 7 amide bonds. The number of aldehydes is 1. The quantitative estimate of drug-likeness (QED) is 0.239. The Morgan fingerprint density at radius 2 is 1.73 bits per heavy atom. The van der Waals surface area contributed by atoms with E-state index in [1.807, 2.05) is 20.0 Å². The second kappa shape index (κ2) is 18.7. The van der Waals surface area contributed by atoms with Crippen LogP contribution in [0.3, 0.4) is 0 Å². The van der Waals surface area contributed by atoms with Gasteiger partial charge in [0.15, 0.2) is 0 Å². The second-order valence-electron chi connectivity index (χ2n) is 17.2. The van der Waals surface area contributed by atoms with Gasteiger partial charge in [0.25, 0.3) is 0 Å². The largest absolute Gasteiger partial charge is 0.391 e. The number of benzene rings is 2. The molecule has 0 aliphatic carbocycles. The molecule has 3 saturated heterocycles. The highest BCUT2D eigenvalue weighted by molar-refractivity contribution is 5.98. The molecule has 17 nitrogen and oxygen atoms in total. The fourth-order valence-corrected chi connectivity index (χ4v) is 9.16. The van der Waals surface area contributed by atoms with Crippen LogP contribution in [0.2, 0.25) is 0 Å². The molecule has 6 rings (SSSR count). The SMILES string of the molecule is C[C@@H]1CN2C(=O)[C@H](C)NC(=O)[C@H]([C@H](C)O)N(C)C(=O)[C@@H]3CCCN3C(=O)[C@@H](NC(=O)[C@H](Cc3cc(F)cc(F)c3)NC(=O)Nc3ccc4c(c3)CCN4C)[C@H](C)OCC2(C=O)C1. The third-order valence-electron chi connectivity index (χ3n) is 12.3. The molecule has 5 N–H and O–H groups in total. The van der Waals surface area contributed by atoms with E-state index in [0.717, 1.165) is 41.2 Å². The van der Waals surface area contributed by atoms with Gasteiger partial charge in [-0.1, -0.05) is 6.92 Å². The molecule has 19 heteroatoms. The summed E-state index contributed by atoms with van der Waals surface area (Å²) in [6.45, 7) is 6.62. The van der Waals surface area contributed by atoms with Crippen LogP contribution in [0.4, 0.5) is 25.0 Å². The zero-order valence-electron chi connectivity index (χ0n) is 35.8. The Balaban J connectivity index is 1.34. The number of carbonyl (C=O) groups is 7. The van der Waals surface area contributed by atoms with Crippen molar-refractivity contribution in [2.75, 3.05) is 50.6 Å². The van der Waals surface area contributed by atoms with E-state index in [9.17, 15) is 47.4 Å². The number of nitrogens with one attached hydrogen (secondary N) is 4. The van der Waals surface area contributed by atoms with Crippen molar-refractivity contribution in [3.05, 3.63) is 59.2 Å². The number of halogens is 2. The number of urea groups is 1. The predicted octanol–water partition coefficient (Wildman–Crippen LogP) is 1.10. The van der Waals surface area contributed by atoms with Gasteiger partial charge < -0.3 is 55.5 Å². The first kappa shape index (κ1) is 45.8. The average Bonchev–Trinajstić information content (AvgIpc) is 3.94. The lowest BCUT2D eigenvalue weighted by molar-refractivity contribution is -0.155. The zero-order chi connectivity index (χ0) is 45.2. The van der Waals surface area contributed by atoms with E-state index in [-0.39, 0.29) is 37.4 Å². The first-order valence-electron chi connectivity index (χ1n) is 20.9. The molecule has 0 spiro atoms. The van der Waals surface area contributed by atoms with Crippen LogP contribution in [0.5, 0.6) is 0 Å². The predicted molar refractivity (Wildman–Crippen MR) is 222 cm³/mol. The second-order valence-corrected chi connectivity index (χ2v) is 17.2. The number of likely N-dealkylation sites (N-methyl/N-ethyl adjacent to an activating group) is 2. The summed E-state index contributed by atoms with van der Waals surface area (Å²) >= 11 is 0. The van der Waals surface area contributed by atoms with Crippen LogP contribution >= 0.6 is 0 Å². The van der Waals surface area contributed by atoms with Crippen molar-refractivity contribution in [1.82, 2.24) is 30.7 Å². The molecule has 336 valence electrons. The Kier molecular flexibility index (Phi) is 13.8. The van der Waals surface area contributed by atoms with Gasteiger partial charge in [0, 0.05) is 57.6 Å². The molecular formula is C43H56F2N8O9. The van der Waals surface area contributed by atoms with Crippen LogP contribution < -0.4 is 26.2 Å². The van der Waals surface area contributed by atoms with Crippen LogP contribution in [0.25, 0.3) is 0 Å². The van der Waals surface area contributed by atoms with Crippen molar-refractivity contribution >= 4 is 53.2 Å². The van der Waals surface area contributed by atoms with E-state index in [2.05, 4.69) is 26.2 Å². The summed E-state index contributed by atoms with van der Waals surface area (Å²) in [4.78, 5) is 103. The molecule has 2 aromatic carbocycles. The number of fused-ring (bicyclic) bond motifs is 3. The highest BCUT2D eigenvalue weighted by Gasteiger charge is 2.50. The third-order valence-corrected chi connectivity index (χ3v) is 12.3. The van der Waals surface area contributed by atoms with E-state index in [1.54, 1.807) is 12.1 Å². The van der Waals surface area contributed by atoms with E-state index >= 15 is 0 Å². The van der Waals surface area contributed by atoms with Crippen LogP contribution in [-0.2, 0) is 46.3 Å². The van der Waals surface area contributed by atoms with E-state index in [0.29, 0.717) is 24.5 Å². The summed E-state index contributed by atoms with van der Waals surface area (Å²) < 4.78 is 35.1. The summed E-state index contributed by atoms with van der Waals surface area (Å²) in [6.07, 6.45) is -1.01. The lowest BCUT2D eigenvalue weighted by Gasteiger charge is -2.39. The van der Waals surface area contributed by atoms with E-state index < -0.39 is 108 Å². The highest BCUT2D eigenvalue weighted by atomic mass is 19.1. The van der Waals surface area contributed by atoms with Crippen LogP contribution in [-0.4, -0.2) is 150 Å². The number of rotatable bonds is 8. The van der Waals surface area contributed by atoms with Crippen molar-refractivity contribution in [2.24, 2.45) is 5.92 Å². The Bertz CT molecular complexity index is 2070. The summed E-state index contributed by atoms with van der Waals surface area (Å²) in [5, 5.41) is 21.3. The van der Waals surface area contributed by atoms with Gasteiger partial charge >= 0.3 is 6.03 Å². The molecule has 0 bridgehead atoms. The van der Waals surface area contributed by atoms with Gasteiger partial charge in [0.05, 0.1) is 18.8 Å². The molecule has 4 aliphatic rings. The molecule has 2 aromatic rings. The highest BCUT2D eigenvalue weighted by Crippen LogP contribution is 2.34. The van der Waals surface area contributed by atoms with Gasteiger partial charge in [-0.15, -0.1) is 0 Å². The minimum absolute atomic E-state index is 0.0179. The first-order valence-corrected chi connectivity index (χ1v) is 20.9. The smallest absolute Gasteiger partial charge is 0.319 e. The minimum Gasteiger partial charge on any atom is -0.391 e. The van der Waals surface area contributed by atoms with E-state index in [1.165, 1.54) is 37.6 Å². The Hall–Kier alpha value is -5.69. The molecule has 0 saturated carbocycles. The van der Waals surface area contributed by atoms with Gasteiger partial charge in [-0.05, 0) is 93.8 Å². The fraction of sp³-hybridized carbons (Fsp3) is 0.558. The number of aliphatic hydroxyl groups excluding tert-OH is 1. The molecule has 0 radical (unpaired) electrons. The molecule has 4 aliphatic heterocycles. The number of aliphatic hydroxyl groups is 1.